The molecule has 0 saturated carbocycles. The number of aryl methyl sites for hydroxylation is 1. The molecule has 4 aromatic rings. The average Bonchev–Trinajstić information content (AvgIpc) is 3.43. The second kappa shape index (κ2) is 10.9. The van der Waals surface area contributed by atoms with Gasteiger partial charge in [-0.15, -0.1) is 0 Å². The molecule has 1 atom stereocenters. The first-order valence-corrected chi connectivity index (χ1v) is 12.6. The predicted octanol–water partition coefficient (Wildman–Crippen LogP) is 5.17. The molecule has 1 aliphatic heterocycles. The van der Waals surface area contributed by atoms with Crippen molar-refractivity contribution < 1.29 is 14.3 Å². The molecule has 0 aliphatic carbocycles. The molecule has 7 heteroatoms. The number of anilines is 1. The maximum atomic E-state index is 14.1. The van der Waals surface area contributed by atoms with E-state index in [0.717, 1.165) is 46.1 Å². The molecule has 2 aromatic heterocycles. The fourth-order valence-electron chi connectivity index (χ4n) is 4.70. The number of amides is 2. The highest BCUT2D eigenvalue weighted by Crippen LogP contribution is 2.26. The Balaban J connectivity index is 1.49. The molecule has 1 fully saturated rings. The minimum absolute atomic E-state index is 0.0761. The van der Waals surface area contributed by atoms with E-state index in [1.165, 1.54) is 0 Å². The van der Waals surface area contributed by atoms with Gasteiger partial charge in [0.2, 0.25) is 5.91 Å². The van der Waals surface area contributed by atoms with Crippen molar-refractivity contribution in [3.63, 3.8) is 0 Å². The number of para-hydroxylation sites is 1. The van der Waals surface area contributed by atoms with Crippen LogP contribution in [0.1, 0.15) is 34.3 Å². The Kier molecular flexibility index (Phi) is 7.23. The van der Waals surface area contributed by atoms with Crippen molar-refractivity contribution in [2.45, 2.75) is 32.8 Å². The maximum absolute atomic E-state index is 14.1. The number of benzene rings is 2. The molecule has 0 spiro atoms. The van der Waals surface area contributed by atoms with Gasteiger partial charge in [0.25, 0.3) is 5.91 Å². The molecular formula is C30H30N4O3. The summed E-state index contributed by atoms with van der Waals surface area (Å²) in [5.41, 5.74) is 5.64. The van der Waals surface area contributed by atoms with Crippen LogP contribution in [0, 0.1) is 13.8 Å². The van der Waals surface area contributed by atoms with Gasteiger partial charge in [0.15, 0.2) is 0 Å². The second-order valence-electron chi connectivity index (χ2n) is 9.42. The van der Waals surface area contributed by atoms with Crippen LogP contribution in [0.5, 0.6) is 0 Å². The topological polar surface area (TPSA) is 84.4 Å². The summed E-state index contributed by atoms with van der Waals surface area (Å²) >= 11 is 0. The van der Waals surface area contributed by atoms with Crippen molar-refractivity contribution >= 4 is 28.4 Å². The van der Waals surface area contributed by atoms with Crippen molar-refractivity contribution in [2.24, 2.45) is 0 Å². The van der Waals surface area contributed by atoms with E-state index >= 15 is 0 Å². The fraction of sp³-hybridized carbons (Fsp3) is 0.267. The van der Waals surface area contributed by atoms with E-state index < -0.39 is 0 Å². The molecule has 2 aromatic carbocycles. The van der Waals surface area contributed by atoms with Crippen molar-refractivity contribution in [3.05, 3.63) is 89.7 Å². The first-order chi connectivity index (χ1) is 18.0. The predicted molar refractivity (Wildman–Crippen MR) is 144 cm³/mol. The van der Waals surface area contributed by atoms with Gasteiger partial charge >= 0.3 is 0 Å². The Morgan fingerprint density at radius 2 is 1.86 bits per heavy atom. The van der Waals surface area contributed by atoms with E-state index in [9.17, 15) is 9.59 Å². The molecule has 1 saturated heterocycles. The first-order valence-electron chi connectivity index (χ1n) is 12.6. The lowest BCUT2D eigenvalue weighted by molar-refractivity contribution is -0.117. The number of hydrogen-bond donors (Lipinski definition) is 1. The van der Waals surface area contributed by atoms with Crippen LogP contribution < -0.4 is 5.32 Å². The maximum Gasteiger partial charge on any atom is 0.255 e. The smallest absolute Gasteiger partial charge is 0.255 e. The molecule has 0 bridgehead atoms. The molecule has 0 radical (unpaired) electrons. The summed E-state index contributed by atoms with van der Waals surface area (Å²) < 4.78 is 5.84. The summed E-state index contributed by atoms with van der Waals surface area (Å²) in [4.78, 5) is 37.8. The van der Waals surface area contributed by atoms with Gasteiger partial charge in [-0.05, 0) is 68.1 Å². The zero-order valence-electron chi connectivity index (χ0n) is 21.1. The minimum atomic E-state index is -0.243. The van der Waals surface area contributed by atoms with Gasteiger partial charge in [-0.1, -0.05) is 30.3 Å². The summed E-state index contributed by atoms with van der Waals surface area (Å²) in [7, 11) is 0. The number of rotatable bonds is 7. The van der Waals surface area contributed by atoms with Gasteiger partial charge < -0.3 is 15.0 Å². The van der Waals surface area contributed by atoms with E-state index in [1.807, 2.05) is 74.5 Å². The SMILES string of the molecule is Cc1cccc(NC(=O)CN(C[C@@H]2CCCO2)C(=O)c2cc(-c3ccncc3)nc3ccccc23)c1C. The van der Waals surface area contributed by atoms with Crippen LogP contribution in [0.4, 0.5) is 5.69 Å². The molecule has 0 unspecified atom stereocenters. The highest BCUT2D eigenvalue weighted by Gasteiger charge is 2.27. The Morgan fingerprint density at radius 3 is 2.65 bits per heavy atom. The van der Waals surface area contributed by atoms with Gasteiger partial charge in [-0.25, -0.2) is 4.98 Å². The van der Waals surface area contributed by atoms with Gasteiger partial charge in [0.1, 0.15) is 6.54 Å². The summed E-state index contributed by atoms with van der Waals surface area (Å²) in [6.07, 6.45) is 5.13. The van der Waals surface area contributed by atoms with Crippen LogP contribution in [0.25, 0.3) is 22.2 Å². The number of nitrogens with zero attached hydrogens (tertiary/aromatic N) is 3. The molecule has 1 aliphatic rings. The van der Waals surface area contributed by atoms with Crippen LogP contribution in [-0.4, -0.2) is 52.5 Å². The third-order valence-electron chi connectivity index (χ3n) is 6.87. The highest BCUT2D eigenvalue weighted by atomic mass is 16.5. The molecule has 7 nitrogen and oxygen atoms in total. The summed E-state index contributed by atoms with van der Waals surface area (Å²) in [5, 5.41) is 3.74. The lowest BCUT2D eigenvalue weighted by atomic mass is 10.0. The average molecular weight is 495 g/mol. The number of aromatic nitrogens is 2. The van der Waals surface area contributed by atoms with E-state index in [1.54, 1.807) is 17.3 Å². The van der Waals surface area contributed by atoms with Crippen LogP contribution in [0.3, 0.4) is 0 Å². The van der Waals surface area contributed by atoms with Crippen LogP contribution in [0.15, 0.2) is 73.1 Å². The van der Waals surface area contributed by atoms with Gasteiger partial charge in [-0.2, -0.15) is 0 Å². The molecule has 2 amide bonds. The number of fused-ring (bicyclic) bond motifs is 1. The monoisotopic (exact) mass is 494 g/mol. The number of carbonyl (C=O) groups excluding carboxylic acids is 2. The molecule has 188 valence electrons. The third kappa shape index (κ3) is 5.52. The Hall–Kier alpha value is -4.10. The quantitative estimate of drug-likeness (QED) is 0.383. The van der Waals surface area contributed by atoms with Crippen molar-refractivity contribution in [1.29, 1.82) is 0 Å². The fourth-order valence-corrected chi connectivity index (χ4v) is 4.70. The van der Waals surface area contributed by atoms with E-state index in [-0.39, 0.29) is 24.5 Å². The minimum Gasteiger partial charge on any atom is -0.376 e. The van der Waals surface area contributed by atoms with Gasteiger partial charge in [-0.3, -0.25) is 14.6 Å². The lowest BCUT2D eigenvalue weighted by Gasteiger charge is -2.26. The molecule has 1 N–H and O–H groups in total. The van der Waals surface area contributed by atoms with Gasteiger partial charge in [0, 0.05) is 42.2 Å². The first kappa shape index (κ1) is 24.6. The van der Waals surface area contributed by atoms with Crippen molar-refractivity contribution in [3.8, 4) is 11.3 Å². The lowest BCUT2D eigenvalue weighted by Crippen LogP contribution is -2.42. The Morgan fingerprint density at radius 1 is 1.05 bits per heavy atom. The van der Waals surface area contributed by atoms with Crippen LogP contribution in [0.2, 0.25) is 0 Å². The molecule has 3 heterocycles. The van der Waals surface area contributed by atoms with Crippen LogP contribution >= 0.6 is 0 Å². The summed E-state index contributed by atoms with van der Waals surface area (Å²) in [5.74, 6) is -0.465. The summed E-state index contributed by atoms with van der Waals surface area (Å²) in [6, 6.07) is 18.9. The number of carbonyl (C=O) groups is 2. The second-order valence-corrected chi connectivity index (χ2v) is 9.42. The Labute approximate surface area is 216 Å². The largest absolute Gasteiger partial charge is 0.376 e. The third-order valence-corrected chi connectivity index (χ3v) is 6.87. The highest BCUT2D eigenvalue weighted by molar-refractivity contribution is 6.08. The molecule has 5 rings (SSSR count). The zero-order chi connectivity index (χ0) is 25.8. The summed E-state index contributed by atoms with van der Waals surface area (Å²) in [6.45, 7) is 4.93. The van der Waals surface area contributed by atoms with Crippen LogP contribution in [-0.2, 0) is 9.53 Å². The number of pyridine rings is 2. The van der Waals surface area contributed by atoms with Gasteiger partial charge in [0.05, 0.1) is 22.9 Å². The van der Waals surface area contributed by atoms with Crippen molar-refractivity contribution in [1.82, 2.24) is 14.9 Å². The number of nitrogens with one attached hydrogen (secondary N) is 1. The zero-order valence-corrected chi connectivity index (χ0v) is 21.1. The van der Waals surface area contributed by atoms with E-state index in [4.69, 9.17) is 9.72 Å². The standard InChI is InChI=1S/C30H30N4O3/c1-20-7-5-11-26(21(20)2)33-29(35)19-34(18-23-8-6-16-37-23)30(36)25-17-28(22-12-14-31-15-13-22)32-27-10-4-3-9-24(25)27/h3-5,7,9-15,17,23H,6,8,16,18-19H2,1-2H3,(H,33,35)/t23-/m0/s1. The van der Waals surface area contributed by atoms with E-state index in [0.29, 0.717) is 24.4 Å². The number of hydrogen-bond acceptors (Lipinski definition) is 5. The molecule has 37 heavy (non-hydrogen) atoms. The Bertz CT molecular complexity index is 1430. The van der Waals surface area contributed by atoms with Crippen molar-refractivity contribution in [2.75, 3.05) is 25.0 Å². The normalized spacial score (nSPS) is 15.0. The van der Waals surface area contributed by atoms with E-state index in [2.05, 4.69) is 10.3 Å². The number of ether oxygens (including phenoxy) is 1. The molecular weight excluding hydrogens is 464 g/mol.